The predicted octanol–water partition coefficient (Wildman–Crippen LogP) is 3.03. The van der Waals surface area contributed by atoms with Crippen LogP contribution in [0.5, 0.6) is 11.6 Å². The molecule has 1 aromatic carbocycles. The minimum absolute atomic E-state index is 0.0161. The van der Waals surface area contributed by atoms with Crippen molar-refractivity contribution >= 4 is 11.8 Å². The number of hydrogen-bond donors (Lipinski definition) is 1. The molecular formula is C20H22FN3O3. The van der Waals surface area contributed by atoms with Crippen LogP contribution < -0.4 is 10.1 Å². The predicted molar refractivity (Wildman–Crippen MR) is 97.6 cm³/mol. The van der Waals surface area contributed by atoms with Gasteiger partial charge in [0.2, 0.25) is 17.7 Å². The van der Waals surface area contributed by atoms with Crippen molar-refractivity contribution in [2.45, 2.75) is 38.8 Å². The molecule has 2 aromatic rings. The molecule has 1 atom stereocenters. The molecule has 6 nitrogen and oxygen atoms in total. The van der Waals surface area contributed by atoms with Crippen LogP contribution in [-0.4, -0.2) is 34.3 Å². The Morgan fingerprint density at radius 1 is 1.30 bits per heavy atom. The molecule has 1 aromatic heterocycles. The topological polar surface area (TPSA) is 71.5 Å². The summed E-state index contributed by atoms with van der Waals surface area (Å²) < 4.78 is 19.4. The van der Waals surface area contributed by atoms with Gasteiger partial charge in [-0.05, 0) is 31.0 Å². The Kier molecular flexibility index (Phi) is 6.01. The standard InChI is InChI=1S/C20H22FN3O3/c1-2-18(25)24-12-6-9-16(24)19(26)23-13-14-7-5-11-22-20(14)27-17-10-4-3-8-15(17)21/h3-5,7-8,10-11,16H,2,6,9,12-13H2,1H3,(H,23,26). The third kappa shape index (κ3) is 4.42. The summed E-state index contributed by atoms with van der Waals surface area (Å²) in [6, 6.07) is 9.10. The number of carbonyl (C=O) groups is 2. The molecular weight excluding hydrogens is 349 g/mol. The molecule has 1 aliphatic rings. The number of nitrogens with one attached hydrogen (secondary N) is 1. The molecule has 0 saturated carbocycles. The van der Waals surface area contributed by atoms with Crippen molar-refractivity contribution in [3.05, 3.63) is 54.0 Å². The summed E-state index contributed by atoms with van der Waals surface area (Å²) in [6.07, 6.45) is 3.40. The number of benzene rings is 1. The summed E-state index contributed by atoms with van der Waals surface area (Å²) in [4.78, 5) is 30.3. The first-order chi connectivity index (χ1) is 13.1. The normalized spacial score (nSPS) is 16.2. The maximum atomic E-state index is 13.8. The van der Waals surface area contributed by atoms with Gasteiger partial charge in [-0.25, -0.2) is 9.37 Å². The van der Waals surface area contributed by atoms with Crippen molar-refractivity contribution in [1.29, 1.82) is 0 Å². The Balaban J connectivity index is 1.67. The molecule has 27 heavy (non-hydrogen) atoms. The summed E-state index contributed by atoms with van der Waals surface area (Å²) in [6.45, 7) is 2.58. The van der Waals surface area contributed by atoms with Gasteiger partial charge in [0.15, 0.2) is 11.6 Å². The maximum Gasteiger partial charge on any atom is 0.243 e. The number of amides is 2. The second-order valence-electron chi connectivity index (χ2n) is 6.32. The van der Waals surface area contributed by atoms with Gasteiger partial charge in [-0.1, -0.05) is 25.1 Å². The van der Waals surface area contributed by atoms with Crippen LogP contribution in [0.15, 0.2) is 42.6 Å². The highest BCUT2D eigenvalue weighted by molar-refractivity contribution is 5.88. The van der Waals surface area contributed by atoms with Crippen LogP contribution in [0, 0.1) is 5.82 Å². The number of ether oxygens (including phenoxy) is 1. The van der Waals surface area contributed by atoms with Gasteiger partial charge >= 0.3 is 0 Å². The Morgan fingerprint density at radius 3 is 2.89 bits per heavy atom. The molecule has 3 rings (SSSR count). The Labute approximate surface area is 157 Å². The molecule has 1 aliphatic heterocycles. The third-order valence-electron chi connectivity index (χ3n) is 4.52. The van der Waals surface area contributed by atoms with Crippen molar-refractivity contribution in [1.82, 2.24) is 15.2 Å². The monoisotopic (exact) mass is 371 g/mol. The smallest absolute Gasteiger partial charge is 0.243 e. The second-order valence-corrected chi connectivity index (χ2v) is 6.32. The molecule has 2 amide bonds. The summed E-state index contributed by atoms with van der Waals surface area (Å²) in [5, 5.41) is 2.84. The first-order valence-electron chi connectivity index (χ1n) is 9.03. The number of pyridine rings is 1. The number of likely N-dealkylation sites (tertiary alicyclic amines) is 1. The Hall–Kier alpha value is -2.96. The molecule has 0 bridgehead atoms. The van der Waals surface area contributed by atoms with E-state index in [9.17, 15) is 14.0 Å². The number of carbonyl (C=O) groups excluding carboxylic acids is 2. The minimum Gasteiger partial charge on any atom is -0.436 e. The van der Waals surface area contributed by atoms with E-state index in [2.05, 4.69) is 10.3 Å². The lowest BCUT2D eigenvalue weighted by atomic mass is 10.2. The fraction of sp³-hybridized carbons (Fsp3) is 0.350. The fourth-order valence-corrected chi connectivity index (χ4v) is 3.12. The molecule has 7 heteroatoms. The van der Waals surface area contributed by atoms with E-state index in [0.29, 0.717) is 24.9 Å². The molecule has 0 spiro atoms. The van der Waals surface area contributed by atoms with E-state index in [-0.39, 0.29) is 30.0 Å². The number of nitrogens with zero attached hydrogens (tertiary/aromatic N) is 2. The number of aromatic nitrogens is 1. The number of rotatable bonds is 6. The zero-order valence-electron chi connectivity index (χ0n) is 15.2. The van der Waals surface area contributed by atoms with E-state index in [1.165, 1.54) is 12.1 Å². The van der Waals surface area contributed by atoms with Crippen molar-refractivity contribution in [3.8, 4) is 11.6 Å². The SMILES string of the molecule is CCC(=O)N1CCCC1C(=O)NCc1cccnc1Oc1ccccc1F. The molecule has 1 saturated heterocycles. The van der Waals surface area contributed by atoms with E-state index in [1.807, 2.05) is 0 Å². The minimum atomic E-state index is -0.488. The summed E-state index contributed by atoms with van der Waals surface area (Å²) >= 11 is 0. The van der Waals surface area contributed by atoms with Gasteiger partial charge in [-0.3, -0.25) is 9.59 Å². The van der Waals surface area contributed by atoms with Crippen molar-refractivity contribution in [2.24, 2.45) is 0 Å². The number of para-hydroxylation sites is 1. The van der Waals surface area contributed by atoms with Gasteiger partial charge in [0.05, 0.1) is 0 Å². The van der Waals surface area contributed by atoms with E-state index >= 15 is 0 Å². The van der Waals surface area contributed by atoms with Gasteiger partial charge < -0.3 is 15.0 Å². The van der Waals surface area contributed by atoms with Crippen LogP contribution >= 0.6 is 0 Å². The molecule has 142 valence electrons. The van der Waals surface area contributed by atoms with E-state index in [0.717, 1.165) is 6.42 Å². The zero-order valence-corrected chi connectivity index (χ0v) is 15.2. The van der Waals surface area contributed by atoms with Gasteiger partial charge in [0, 0.05) is 31.3 Å². The highest BCUT2D eigenvalue weighted by Gasteiger charge is 2.33. The Bertz CT molecular complexity index is 828. The lowest BCUT2D eigenvalue weighted by Crippen LogP contribution is -2.45. The summed E-state index contributed by atoms with van der Waals surface area (Å²) in [5.74, 6) is -0.402. The fourth-order valence-electron chi connectivity index (χ4n) is 3.12. The number of hydrogen-bond acceptors (Lipinski definition) is 4. The lowest BCUT2D eigenvalue weighted by molar-refractivity contribution is -0.138. The van der Waals surface area contributed by atoms with Crippen LogP contribution in [0.25, 0.3) is 0 Å². The summed E-state index contributed by atoms with van der Waals surface area (Å²) in [5.41, 5.74) is 0.625. The average molecular weight is 371 g/mol. The third-order valence-corrected chi connectivity index (χ3v) is 4.52. The van der Waals surface area contributed by atoms with E-state index in [1.54, 1.807) is 42.3 Å². The van der Waals surface area contributed by atoms with E-state index in [4.69, 9.17) is 4.74 Å². The molecule has 2 heterocycles. The van der Waals surface area contributed by atoms with Crippen molar-refractivity contribution in [3.63, 3.8) is 0 Å². The zero-order chi connectivity index (χ0) is 19.2. The van der Waals surface area contributed by atoms with E-state index < -0.39 is 11.9 Å². The molecule has 0 radical (unpaired) electrons. The molecule has 1 N–H and O–H groups in total. The molecule has 1 unspecified atom stereocenters. The van der Waals surface area contributed by atoms with Gasteiger partial charge in [-0.15, -0.1) is 0 Å². The number of halogens is 1. The van der Waals surface area contributed by atoms with Crippen LogP contribution in [0.3, 0.4) is 0 Å². The van der Waals surface area contributed by atoms with Gasteiger partial charge in [-0.2, -0.15) is 0 Å². The highest BCUT2D eigenvalue weighted by atomic mass is 19.1. The highest BCUT2D eigenvalue weighted by Crippen LogP contribution is 2.25. The van der Waals surface area contributed by atoms with Crippen LogP contribution in [0.4, 0.5) is 4.39 Å². The summed E-state index contributed by atoms with van der Waals surface area (Å²) in [7, 11) is 0. The average Bonchev–Trinajstić information content (AvgIpc) is 3.18. The van der Waals surface area contributed by atoms with Crippen molar-refractivity contribution < 1.29 is 18.7 Å². The van der Waals surface area contributed by atoms with Crippen molar-refractivity contribution in [2.75, 3.05) is 6.54 Å². The Morgan fingerprint density at radius 2 is 2.11 bits per heavy atom. The molecule has 0 aliphatic carbocycles. The van der Waals surface area contributed by atoms with Gasteiger partial charge in [0.25, 0.3) is 0 Å². The van der Waals surface area contributed by atoms with Gasteiger partial charge in [0.1, 0.15) is 6.04 Å². The first-order valence-corrected chi connectivity index (χ1v) is 9.03. The van der Waals surface area contributed by atoms with Crippen LogP contribution in [-0.2, 0) is 16.1 Å². The lowest BCUT2D eigenvalue weighted by Gasteiger charge is -2.23. The van der Waals surface area contributed by atoms with Crippen LogP contribution in [0.1, 0.15) is 31.7 Å². The maximum absolute atomic E-state index is 13.8. The van der Waals surface area contributed by atoms with Crippen LogP contribution in [0.2, 0.25) is 0 Å². The largest absolute Gasteiger partial charge is 0.436 e. The first kappa shape index (κ1) is 18.8. The second kappa shape index (κ2) is 8.62. The molecule has 1 fully saturated rings. The quantitative estimate of drug-likeness (QED) is 0.847.